The number of halogens is 1. The SMILES string of the molecule is CN(Cc1ccc(F)cc1)C(=O)CNC1CCCC1. The van der Waals surface area contributed by atoms with Gasteiger partial charge in [0.25, 0.3) is 0 Å². The van der Waals surface area contributed by atoms with Crippen LogP contribution in [0.2, 0.25) is 0 Å². The molecular formula is C15H21FN2O. The monoisotopic (exact) mass is 264 g/mol. The lowest BCUT2D eigenvalue weighted by Crippen LogP contribution is -2.38. The molecule has 1 aromatic carbocycles. The summed E-state index contributed by atoms with van der Waals surface area (Å²) >= 11 is 0. The van der Waals surface area contributed by atoms with Gasteiger partial charge in [-0.3, -0.25) is 4.79 Å². The molecule has 0 aliphatic heterocycles. The van der Waals surface area contributed by atoms with E-state index in [1.165, 1.54) is 37.8 Å². The van der Waals surface area contributed by atoms with Gasteiger partial charge in [-0.2, -0.15) is 0 Å². The van der Waals surface area contributed by atoms with Crippen molar-refractivity contribution in [3.8, 4) is 0 Å². The molecule has 4 heteroatoms. The molecule has 1 fully saturated rings. The van der Waals surface area contributed by atoms with E-state index in [-0.39, 0.29) is 11.7 Å². The van der Waals surface area contributed by atoms with E-state index in [1.807, 2.05) is 0 Å². The number of nitrogens with one attached hydrogen (secondary N) is 1. The van der Waals surface area contributed by atoms with E-state index in [0.717, 1.165) is 5.56 Å². The maximum atomic E-state index is 12.8. The molecule has 1 aromatic rings. The molecule has 104 valence electrons. The highest BCUT2D eigenvalue weighted by Crippen LogP contribution is 2.17. The van der Waals surface area contributed by atoms with Crippen molar-refractivity contribution in [2.75, 3.05) is 13.6 Å². The zero-order chi connectivity index (χ0) is 13.7. The van der Waals surface area contributed by atoms with Crippen LogP contribution >= 0.6 is 0 Å². The Hall–Kier alpha value is -1.42. The van der Waals surface area contributed by atoms with E-state index in [4.69, 9.17) is 0 Å². The maximum Gasteiger partial charge on any atom is 0.236 e. The van der Waals surface area contributed by atoms with Gasteiger partial charge in [0, 0.05) is 19.6 Å². The number of carbonyl (C=O) groups is 1. The normalized spacial score (nSPS) is 15.7. The van der Waals surface area contributed by atoms with E-state index in [9.17, 15) is 9.18 Å². The van der Waals surface area contributed by atoms with Crippen molar-refractivity contribution >= 4 is 5.91 Å². The first-order chi connectivity index (χ1) is 9.15. The van der Waals surface area contributed by atoms with E-state index in [0.29, 0.717) is 19.1 Å². The van der Waals surface area contributed by atoms with Crippen molar-refractivity contribution in [2.45, 2.75) is 38.3 Å². The van der Waals surface area contributed by atoms with Gasteiger partial charge in [0.2, 0.25) is 5.91 Å². The Morgan fingerprint density at radius 1 is 1.32 bits per heavy atom. The van der Waals surface area contributed by atoms with Crippen LogP contribution in [-0.4, -0.2) is 30.4 Å². The molecule has 0 atom stereocenters. The summed E-state index contributed by atoms with van der Waals surface area (Å²) in [7, 11) is 1.78. The second kappa shape index (κ2) is 6.66. The third kappa shape index (κ3) is 4.31. The molecule has 1 aliphatic rings. The lowest BCUT2D eigenvalue weighted by atomic mass is 10.2. The topological polar surface area (TPSA) is 32.3 Å². The smallest absolute Gasteiger partial charge is 0.236 e. The lowest BCUT2D eigenvalue weighted by molar-refractivity contribution is -0.129. The quantitative estimate of drug-likeness (QED) is 0.885. The van der Waals surface area contributed by atoms with Gasteiger partial charge in [-0.05, 0) is 30.5 Å². The Balaban J connectivity index is 1.76. The molecule has 1 aliphatic carbocycles. The van der Waals surface area contributed by atoms with Crippen LogP contribution < -0.4 is 5.32 Å². The molecule has 2 rings (SSSR count). The van der Waals surface area contributed by atoms with Crippen molar-refractivity contribution in [2.24, 2.45) is 0 Å². The zero-order valence-corrected chi connectivity index (χ0v) is 11.4. The summed E-state index contributed by atoms with van der Waals surface area (Å²) in [4.78, 5) is 13.6. The van der Waals surface area contributed by atoms with Crippen LogP contribution in [0.3, 0.4) is 0 Å². The Morgan fingerprint density at radius 3 is 2.58 bits per heavy atom. The number of hydrogen-bond donors (Lipinski definition) is 1. The Bertz CT molecular complexity index is 413. The average molecular weight is 264 g/mol. The highest BCUT2D eigenvalue weighted by atomic mass is 19.1. The Morgan fingerprint density at radius 2 is 1.95 bits per heavy atom. The van der Waals surface area contributed by atoms with Crippen molar-refractivity contribution in [3.05, 3.63) is 35.6 Å². The average Bonchev–Trinajstić information content (AvgIpc) is 2.91. The summed E-state index contributed by atoms with van der Waals surface area (Å²) in [5, 5.41) is 3.31. The minimum atomic E-state index is -0.249. The number of benzene rings is 1. The summed E-state index contributed by atoms with van der Waals surface area (Å²) in [6.07, 6.45) is 4.87. The van der Waals surface area contributed by atoms with Crippen LogP contribution in [0.1, 0.15) is 31.2 Å². The van der Waals surface area contributed by atoms with Gasteiger partial charge in [0.05, 0.1) is 6.54 Å². The van der Waals surface area contributed by atoms with Crippen LogP contribution in [0.4, 0.5) is 4.39 Å². The van der Waals surface area contributed by atoms with Gasteiger partial charge < -0.3 is 10.2 Å². The van der Waals surface area contributed by atoms with Crippen LogP contribution in [-0.2, 0) is 11.3 Å². The number of nitrogens with zero attached hydrogens (tertiary/aromatic N) is 1. The number of carbonyl (C=O) groups excluding carboxylic acids is 1. The van der Waals surface area contributed by atoms with Crippen LogP contribution in [0.5, 0.6) is 0 Å². The molecule has 1 saturated carbocycles. The molecule has 0 spiro atoms. The Kier molecular flexibility index (Phi) is 4.91. The molecule has 3 nitrogen and oxygen atoms in total. The van der Waals surface area contributed by atoms with Crippen molar-refractivity contribution in [3.63, 3.8) is 0 Å². The van der Waals surface area contributed by atoms with Gasteiger partial charge in [-0.1, -0.05) is 25.0 Å². The lowest BCUT2D eigenvalue weighted by Gasteiger charge is -2.19. The predicted octanol–water partition coefficient (Wildman–Crippen LogP) is 2.32. The molecule has 0 saturated heterocycles. The molecule has 0 radical (unpaired) electrons. The summed E-state index contributed by atoms with van der Waals surface area (Å²) in [5.41, 5.74) is 0.943. The highest BCUT2D eigenvalue weighted by Gasteiger charge is 2.16. The van der Waals surface area contributed by atoms with Crippen LogP contribution in [0.25, 0.3) is 0 Å². The van der Waals surface area contributed by atoms with Gasteiger partial charge in [0.15, 0.2) is 0 Å². The minimum Gasteiger partial charge on any atom is -0.340 e. The first kappa shape index (κ1) is 14.0. The zero-order valence-electron chi connectivity index (χ0n) is 11.4. The van der Waals surface area contributed by atoms with Gasteiger partial charge in [-0.15, -0.1) is 0 Å². The van der Waals surface area contributed by atoms with Gasteiger partial charge in [0.1, 0.15) is 5.82 Å². The fourth-order valence-corrected chi connectivity index (χ4v) is 2.45. The molecular weight excluding hydrogens is 243 g/mol. The minimum absolute atomic E-state index is 0.0798. The van der Waals surface area contributed by atoms with Gasteiger partial charge >= 0.3 is 0 Å². The molecule has 1 amide bonds. The van der Waals surface area contributed by atoms with E-state index >= 15 is 0 Å². The molecule has 0 aromatic heterocycles. The molecule has 0 heterocycles. The fraction of sp³-hybridized carbons (Fsp3) is 0.533. The Labute approximate surface area is 113 Å². The van der Waals surface area contributed by atoms with Gasteiger partial charge in [-0.25, -0.2) is 4.39 Å². The van der Waals surface area contributed by atoms with Crippen LogP contribution in [0.15, 0.2) is 24.3 Å². The maximum absolute atomic E-state index is 12.8. The predicted molar refractivity (Wildman–Crippen MR) is 73.1 cm³/mol. The van der Waals surface area contributed by atoms with Crippen molar-refractivity contribution in [1.82, 2.24) is 10.2 Å². The summed E-state index contributed by atoms with van der Waals surface area (Å²) in [5.74, 6) is -0.170. The van der Waals surface area contributed by atoms with E-state index < -0.39 is 0 Å². The summed E-state index contributed by atoms with van der Waals surface area (Å²) in [6, 6.07) is 6.77. The molecule has 19 heavy (non-hydrogen) atoms. The second-order valence-electron chi connectivity index (χ2n) is 5.24. The summed E-state index contributed by atoms with van der Waals surface area (Å²) in [6.45, 7) is 0.911. The summed E-state index contributed by atoms with van der Waals surface area (Å²) < 4.78 is 12.8. The fourth-order valence-electron chi connectivity index (χ4n) is 2.45. The number of amides is 1. The van der Waals surface area contributed by atoms with E-state index in [1.54, 1.807) is 24.1 Å². The number of likely N-dealkylation sites (N-methyl/N-ethyl adjacent to an activating group) is 1. The first-order valence-electron chi connectivity index (χ1n) is 6.87. The highest BCUT2D eigenvalue weighted by molar-refractivity contribution is 5.78. The van der Waals surface area contributed by atoms with E-state index in [2.05, 4.69) is 5.32 Å². The third-order valence-electron chi connectivity index (χ3n) is 3.66. The first-order valence-corrected chi connectivity index (χ1v) is 6.87. The number of hydrogen-bond acceptors (Lipinski definition) is 2. The standard InChI is InChI=1S/C15H21FN2O/c1-18(11-12-6-8-13(16)9-7-12)15(19)10-17-14-4-2-3-5-14/h6-9,14,17H,2-5,10-11H2,1H3. The third-order valence-corrected chi connectivity index (χ3v) is 3.66. The second-order valence-corrected chi connectivity index (χ2v) is 5.24. The largest absolute Gasteiger partial charge is 0.340 e. The molecule has 1 N–H and O–H groups in total. The van der Waals surface area contributed by atoms with Crippen LogP contribution in [0, 0.1) is 5.82 Å². The molecule has 0 bridgehead atoms. The van der Waals surface area contributed by atoms with Crippen molar-refractivity contribution in [1.29, 1.82) is 0 Å². The molecule has 0 unspecified atom stereocenters. The number of rotatable bonds is 5. The van der Waals surface area contributed by atoms with Crippen molar-refractivity contribution < 1.29 is 9.18 Å².